The number of nitrogen functional groups attached to an aromatic ring is 1. The van der Waals surface area contributed by atoms with Gasteiger partial charge in [-0.1, -0.05) is 0 Å². The van der Waals surface area contributed by atoms with E-state index in [1.807, 2.05) is 0 Å². The van der Waals surface area contributed by atoms with Crippen LogP contribution in [-0.2, 0) is 13.2 Å². The van der Waals surface area contributed by atoms with E-state index in [-0.39, 0.29) is 46.9 Å². The molecule has 0 aliphatic rings. The Balaban J connectivity index is 0.00000300. The van der Waals surface area contributed by atoms with E-state index in [4.69, 9.17) is 10.5 Å². The van der Waals surface area contributed by atoms with Crippen LogP contribution in [0.25, 0.3) is 0 Å². The number of hydrogen-bond donors (Lipinski definition) is 1. The summed E-state index contributed by atoms with van der Waals surface area (Å²) < 4.78 is 34.0. The Labute approximate surface area is 180 Å². The molecule has 0 unspecified atom stereocenters. The number of nitrogens with two attached hydrogens (primary N) is 1. The molecule has 0 radical (unpaired) electrons. The average Bonchev–Trinajstić information content (AvgIpc) is 2.63. The lowest BCUT2D eigenvalue weighted by Crippen LogP contribution is -2.25. The summed E-state index contributed by atoms with van der Waals surface area (Å²) in [5, 5.41) is 0. The second-order valence-corrected chi connectivity index (χ2v) is 7.00. The second kappa shape index (κ2) is 9.32. The maximum atomic E-state index is 13.8. The number of halogens is 4. The van der Waals surface area contributed by atoms with Gasteiger partial charge in [-0.3, -0.25) is 4.79 Å². The molecule has 29 heavy (non-hydrogen) atoms. The van der Waals surface area contributed by atoms with Crippen molar-refractivity contribution >= 4 is 34.2 Å². The van der Waals surface area contributed by atoms with Crippen LogP contribution < -0.4 is 16.0 Å². The number of rotatable bonds is 5. The van der Waals surface area contributed by atoms with Crippen LogP contribution in [0.5, 0.6) is 5.75 Å². The standard InChI is InChI=1S/C19H17BrF2N4O2.ClH/c1-10-5-16(28-9-12-3-4-14(21)6-15(12)22)17(20)19(27)26(10)8-13-7-24-11(2)25-18(13)23;/h3-7H,8-9H2,1-2H3,(H2,23,24,25);1H. The van der Waals surface area contributed by atoms with Gasteiger partial charge in [-0.15, -0.1) is 12.4 Å². The molecule has 0 fully saturated rings. The fraction of sp³-hybridized carbons (Fsp3) is 0.211. The predicted molar refractivity (Wildman–Crippen MR) is 111 cm³/mol. The molecule has 3 rings (SSSR count). The third-order valence-corrected chi connectivity index (χ3v) is 4.89. The number of nitrogens with zero attached hydrogens (tertiary/aromatic N) is 3. The van der Waals surface area contributed by atoms with Crippen LogP contribution in [0, 0.1) is 25.5 Å². The molecule has 0 aliphatic heterocycles. The Morgan fingerprint density at radius 1 is 1.21 bits per heavy atom. The van der Waals surface area contributed by atoms with E-state index in [0.29, 0.717) is 22.9 Å². The molecular formula is C19H18BrClF2N4O2. The van der Waals surface area contributed by atoms with Crippen LogP contribution >= 0.6 is 28.3 Å². The van der Waals surface area contributed by atoms with Gasteiger partial charge < -0.3 is 15.0 Å². The Hall–Kier alpha value is -2.52. The average molecular weight is 488 g/mol. The quantitative estimate of drug-likeness (QED) is 0.590. The molecule has 0 bridgehead atoms. The molecule has 154 valence electrons. The summed E-state index contributed by atoms with van der Waals surface area (Å²) in [6.45, 7) is 3.52. The topological polar surface area (TPSA) is 83.0 Å². The highest BCUT2D eigenvalue weighted by Crippen LogP contribution is 2.24. The monoisotopic (exact) mass is 486 g/mol. The normalized spacial score (nSPS) is 10.5. The van der Waals surface area contributed by atoms with Gasteiger partial charge in [0.2, 0.25) is 0 Å². The predicted octanol–water partition coefficient (Wildman–Crippen LogP) is 3.93. The molecule has 0 amide bonds. The van der Waals surface area contributed by atoms with Gasteiger partial charge in [0.15, 0.2) is 0 Å². The van der Waals surface area contributed by atoms with Gasteiger partial charge >= 0.3 is 0 Å². The maximum absolute atomic E-state index is 13.8. The summed E-state index contributed by atoms with van der Waals surface area (Å²) in [6, 6.07) is 4.88. The number of pyridine rings is 1. The molecule has 3 aromatic rings. The first kappa shape index (κ1) is 22.8. The zero-order valence-electron chi connectivity index (χ0n) is 15.6. The summed E-state index contributed by atoms with van der Waals surface area (Å²) in [4.78, 5) is 21.0. The Morgan fingerprint density at radius 3 is 2.59 bits per heavy atom. The van der Waals surface area contributed by atoms with Gasteiger partial charge in [-0.25, -0.2) is 18.7 Å². The first-order valence-corrected chi connectivity index (χ1v) is 9.10. The van der Waals surface area contributed by atoms with Gasteiger partial charge in [-0.2, -0.15) is 0 Å². The van der Waals surface area contributed by atoms with Crippen molar-refractivity contribution < 1.29 is 13.5 Å². The fourth-order valence-corrected chi connectivity index (χ4v) is 3.06. The van der Waals surface area contributed by atoms with Crippen LogP contribution in [-0.4, -0.2) is 14.5 Å². The van der Waals surface area contributed by atoms with E-state index < -0.39 is 11.6 Å². The van der Waals surface area contributed by atoms with E-state index in [0.717, 1.165) is 12.1 Å². The van der Waals surface area contributed by atoms with E-state index >= 15 is 0 Å². The van der Waals surface area contributed by atoms with Crippen molar-refractivity contribution in [3.8, 4) is 5.75 Å². The molecule has 0 saturated heterocycles. The minimum atomic E-state index is -0.712. The summed E-state index contributed by atoms with van der Waals surface area (Å²) >= 11 is 3.24. The summed E-state index contributed by atoms with van der Waals surface area (Å²) in [5.74, 6) is -0.267. The lowest BCUT2D eigenvalue weighted by molar-refractivity contribution is 0.296. The van der Waals surface area contributed by atoms with Crippen LogP contribution in [0.1, 0.15) is 22.6 Å². The van der Waals surface area contributed by atoms with Crippen LogP contribution in [0.4, 0.5) is 14.6 Å². The molecule has 2 aromatic heterocycles. The minimum Gasteiger partial charge on any atom is -0.487 e. The highest BCUT2D eigenvalue weighted by Gasteiger charge is 2.15. The zero-order chi connectivity index (χ0) is 20.4. The first-order chi connectivity index (χ1) is 13.3. The molecule has 0 atom stereocenters. The summed E-state index contributed by atoms with van der Waals surface area (Å²) in [7, 11) is 0. The van der Waals surface area contributed by atoms with Crippen LogP contribution in [0.15, 0.2) is 39.7 Å². The maximum Gasteiger partial charge on any atom is 0.269 e. The van der Waals surface area contributed by atoms with Gasteiger partial charge in [-0.05, 0) is 41.9 Å². The smallest absolute Gasteiger partial charge is 0.269 e. The molecular weight excluding hydrogens is 470 g/mol. The third kappa shape index (κ3) is 5.10. The van der Waals surface area contributed by atoms with Crippen molar-refractivity contribution in [1.29, 1.82) is 0 Å². The van der Waals surface area contributed by atoms with E-state index in [2.05, 4.69) is 25.9 Å². The number of hydrogen-bond acceptors (Lipinski definition) is 5. The van der Waals surface area contributed by atoms with Crippen molar-refractivity contribution in [3.63, 3.8) is 0 Å². The van der Waals surface area contributed by atoms with E-state index in [9.17, 15) is 13.6 Å². The highest BCUT2D eigenvalue weighted by molar-refractivity contribution is 9.10. The highest BCUT2D eigenvalue weighted by atomic mass is 79.9. The Kier molecular flexibility index (Phi) is 7.32. The van der Waals surface area contributed by atoms with Crippen molar-refractivity contribution in [2.75, 3.05) is 5.73 Å². The van der Waals surface area contributed by atoms with Gasteiger partial charge in [0.05, 0.1) is 6.54 Å². The summed E-state index contributed by atoms with van der Waals surface area (Å²) in [6.07, 6.45) is 1.58. The number of aryl methyl sites for hydroxylation is 2. The molecule has 10 heteroatoms. The largest absolute Gasteiger partial charge is 0.487 e. The van der Waals surface area contributed by atoms with Gasteiger partial charge in [0.1, 0.15) is 40.1 Å². The molecule has 1 aromatic carbocycles. The van der Waals surface area contributed by atoms with Crippen molar-refractivity contribution in [2.45, 2.75) is 27.0 Å². The van der Waals surface area contributed by atoms with Crippen molar-refractivity contribution in [3.05, 3.63) is 79.6 Å². The fourth-order valence-electron chi connectivity index (χ4n) is 2.62. The third-order valence-electron chi connectivity index (χ3n) is 4.16. The SMILES string of the molecule is Cc1ncc(Cn2c(C)cc(OCc3ccc(F)cc3F)c(Br)c2=O)c(N)n1.Cl. The van der Waals surface area contributed by atoms with Crippen molar-refractivity contribution in [2.24, 2.45) is 0 Å². The van der Waals surface area contributed by atoms with Gasteiger partial charge in [0, 0.05) is 35.2 Å². The molecule has 0 saturated carbocycles. The first-order valence-electron chi connectivity index (χ1n) is 8.31. The molecule has 0 aliphatic carbocycles. The molecule has 2 N–H and O–H groups in total. The number of benzene rings is 1. The second-order valence-electron chi connectivity index (χ2n) is 6.21. The van der Waals surface area contributed by atoms with E-state index in [1.165, 1.54) is 10.6 Å². The number of ether oxygens (including phenoxy) is 1. The minimum absolute atomic E-state index is 0. The lowest BCUT2D eigenvalue weighted by atomic mass is 10.2. The number of aromatic nitrogens is 3. The molecule has 0 spiro atoms. The lowest BCUT2D eigenvalue weighted by Gasteiger charge is -2.15. The summed E-state index contributed by atoms with van der Waals surface area (Å²) in [5.41, 5.74) is 6.98. The number of anilines is 1. The van der Waals surface area contributed by atoms with Crippen molar-refractivity contribution in [1.82, 2.24) is 14.5 Å². The Bertz CT molecular complexity index is 1110. The van der Waals surface area contributed by atoms with Crippen LogP contribution in [0.3, 0.4) is 0 Å². The van der Waals surface area contributed by atoms with E-state index in [1.54, 1.807) is 26.1 Å². The zero-order valence-corrected chi connectivity index (χ0v) is 18.0. The molecule has 6 nitrogen and oxygen atoms in total. The molecule has 2 heterocycles. The Morgan fingerprint density at radius 2 is 1.93 bits per heavy atom. The van der Waals surface area contributed by atoms with Gasteiger partial charge in [0.25, 0.3) is 5.56 Å². The van der Waals surface area contributed by atoms with Crippen LogP contribution in [0.2, 0.25) is 0 Å².